The Bertz CT molecular complexity index is 918. The van der Waals surface area contributed by atoms with Crippen molar-refractivity contribution in [1.82, 2.24) is 9.62 Å². The average molecular weight is 437 g/mol. The fourth-order valence-electron chi connectivity index (χ4n) is 3.02. The van der Waals surface area contributed by atoms with Crippen molar-refractivity contribution in [2.45, 2.75) is 37.1 Å². The molecule has 1 aliphatic rings. The normalized spacial score (nSPS) is 14.6. The minimum absolute atomic E-state index is 0.121. The zero-order chi connectivity index (χ0) is 20.7. The Morgan fingerprint density at radius 1 is 1.10 bits per heavy atom. The molecule has 1 aromatic heterocycles. The van der Waals surface area contributed by atoms with Crippen molar-refractivity contribution in [2.24, 2.45) is 0 Å². The van der Waals surface area contributed by atoms with Gasteiger partial charge in [-0.05, 0) is 48.4 Å². The molecule has 0 bridgehead atoms. The molecule has 29 heavy (non-hydrogen) atoms. The van der Waals surface area contributed by atoms with Crippen molar-refractivity contribution in [2.75, 3.05) is 19.7 Å². The molecule has 1 aliphatic heterocycles. The number of ether oxygens (including phenoxy) is 1. The standard InChI is InChI=1S/C20H24N2O5S2/c23-19(21-14-17-4-3-13-28-17)15-27-20(24)10-7-16-5-8-18(9-6-16)29(25,26)22-11-1-2-12-22/h3-6,8-9,13H,1-2,7,10-12,14-15H2,(H,21,23). The largest absolute Gasteiger partial charge is 0.456 e. The number of hydrogen-bond donors (Lipinski definition) is 1. The van der Waals surface area contributed by atoms with E-state index in [0.29, 0.717) is 26.1 Å². The molecule has 0 atom stereocenters. The molecule has 0 spiro atoms. The zero-order valence-corrected chi connectivity index (χ0v) is 17.6. The summed E-state index contributed by atoms with van der Waals surface area (Å²) in [4.78, 5) is 24.9. The molecule has 1 fully saturated rings. The van der Waals surface area contributed by atoms with Gasteiger partial charge in [0.2, 0.25) is 10.0 Å². The summed E-state index contributed by atoms with van der Waals surface area (Å²) in [5.41, 5.74) is 0.837. The summed E-state index contributed by atoms with van der Waals surface area (Å²) < 4.78 is 31.5. The van der Waals surface area contributed by atoms with Crippen LogP contribution in [-0.2, 0) is 37.3 Å². The summed E-state index contributed by atoms with van der Waals surface area (Å²) in [6, 6.07) is 10.4. The Labute approximate surface area is 174 Å². The molecule has 1 amide bonds. The van der Waals surface area contributed by atoms with E-state index in [4.69, 9.17) is 4.74 Å². The van der Waals surface area contributed by atoms with Gasteiger partial charge in [-0.15, -0.1) is 11.3 Å². The number of aryl methyl sites for hydroxylation is 1. The van der Waals surface area contributed by atoms with E-state index in [-0.39, 0.29) is 23.8 Å². The lowest BCUT2D eigenvalue weighted by molar-refractivity contribution is -0.148. The molecular formula is C20H24N2O5S2. The van der Waals surface area contributed by atoms with Crippen LogP contribution in [0.1, 0.15) is 29.7 Å². The molecule has 2 heterocycles. The van der Waals surface area contributed by atoms with Crippen molar-refractivity contribution >= 4 is 33.2 Å². The van der Waals surface area contributed by atoms with E-state index in [1.165, 1.54) is 4.31 Å². The van der Waals surface area contributed by atoms with Gasteiger partial charge in [-0.3, -0.25) is 9.59 Å². The highest BCUT2D eigenvalue weighted by molar-refractivity contribution is 7.89. The van der Waals surface area contributed by atoms with Gasteiger partial charge in [0.05, 0.1) is 11.4 Å². The first-order valence-electron chi connectivity index (χ1n) is 9.49. The van der Waals surface area contributed by atoms with Gasteiger partial charge in [0.25, 0.3) is 5.91 Å². The second kappa shape index (κ2) is 10.00. The number of sulfonamides is 1. The van der Waals surface area contributed by atoms with Crippen LogP contribution in [0.15, 0.2) is 46.7 Å². The van der Waals surface area contributed by atoms with Crippen molar-refractivity contribution in [1.29, 1.82) is 0 Å². The van der Waals surface area contributed by atoms with Crippen LogP contribution in [-0.4, -0.2) is 44.3 Å². The molecule has 1 N–H and O–H groups in total. The second-order valence-electron chi connectivity index (χ2n) is 6.77. The van der Waals surface area contributed by atoms with Crippen molar-refractivity contribution in [3.05, 3.63) is 52.2 Å². The SMILES string of the molecule is O=C(COC(=O)CCc1ccc(S(=O)(=O)N2CCCC2)cc1)NCc1cccs1. The summed E-state index contributed by atoms with van der Waals surface area (Å²) in [6.45, 7) is 1.24. The fourth-order valence-corrected chi connectivity index (χ4v) is 5.18. The first-order chi connectivity index (χ1) is 13.9. The zero-order valence-electron chi connectivity index (χ0n) is 16.0. The van der Waals surface area contributed by atoms with Crippen molar-refractivity contribution < 1.29 is 22.7 Å². The number of nitrogens with one attached hydrogen (secondary N) is 1. The Morgan fingerprint density at radius 3 is 2.48 bits per heavy atom. The summed E-state index contributed by atoms with van der Waals surface area (Å²) in [6.07, 6.45) is 2.33. The number of amides is 1. The van der Waals surface area contributed by atoms with Crippen molar-refractivity contribution in [3.63, 3.8) is 0 Å². The lowest BCUT2D eigenvalue weighted by Crippen LogP contribution is -2.28. The summed E-state index contributed by atoms with van der Waals surface area (Å²) >= 11 is 1.54. The molecule has 1 saturated heterocycles. The maximum absolute atomic E-state index is 12.5. The van der Waals surface area contributed by atoms with Crippen LogP contribution in [0.4, 0.5) is 0 Å². The van der Waals surface area contributed by atoms with E-state index in [1.54, 1.807) is 35.6 Å². The number of carbonyl (C=O) groups is 2. The van der Waals surface area contributed by atoms with Crippen LogP contribution >= 0.6 is 11.3 Å². The van der Waals surface area contributed by atoms with Crippen LogP contribution in [0.25, 0.3) is 0 Å². The highest BCUT2D eigenvalue weighted by Crippen LogP contribution is 2.21. The minimum atomic E-state index is -3.43. The number of thiophene rings is 1. The second-order valence-corrected chi connectivity index (χ2v) is 9.74. The topological polar surface area (TPSA) is 92.8 Å². The highest BCUT2D eigenvalue weighted by atomic mass is 32.2. The van der Waals surface area contributed by atoms with Gasteiger partial charge < -0.3 is 10.1 Å². The minimum Gasteiger partial charge on any atom is -0.456 e. The van der Waals surface area contributed by atoms with Crippen molar-refractivity contribution in [3.8, 4) is 0 Å². The van der Waals surface area contributed by atoms with E-state index >= 15 is 0 Å². The quantitative estimate of drug-likeness (QED) is 0.609. The van der Waals surface area contributed by atoms with Gasteiger partial charge in [0, 0.05) is 24.4 Å². The fraction of sp³-hybridized carbons (Fsp3) is 0.400. The van der Waals surface area contributed by atoms with Crippen LogP contribution in [0, 0.1) is 0 Å². The molecule has 2 aromatic rings. The lowest BCUT2D eigenvalue weighted by atomic mass is 10.1. The number of esters is 1. The highest BCUT2D eigenvalue weighted by Gasteiger charge is 2.26. The van der Waals surface area contributed by atoms with Crippen LogP contribution < -0.4 is 5.32 Å². The van der Waals surface area contributed by atoms with Gasteiger partial charge in [-0.1, -0.05) is 18.2 Å². The van der Waals surface area contributed by atoms with E-state index in [0.717, 1.165) is 23.3 Å². The first-order valence-corrected chi connectivity index (χ1v) is 11.8. The number of nitrogens with zero attached hydrogens (tertiary/aromatic N) is 1. The van der Waals surface area contributed by atoms with Gasteiger partial charge >= 0.3 is 5.97 Å². The Kier molecular flexibility index (Phi) is 7.40. The first kappa shape index (κ1) is 21.5. The van der Waals surface area contributed by atoms with E-state index in [1.807, 2.05) is 17.5 Å². The Morgan fingerprint density at radius 2 is 1.83 bits per heavy atom. The molecule has 0 saturated carbocycles. The summed E-state index contributed by atoms with van der Waals surface area (Å²) in [7, 11) is -3.43. The van der Waals surface area contributed by atoms with Gasteiger partial charge in [-0.2, -0.15) is 4.31 Å². The van der Waals surface area contributed by atoms with E-state index in [2.05, 4.69) is 5.32 Å². The molecule has 1 aromatic carbocycles. The van der Waals surface area contributed by atoms with Crippen LogP contribution in [0.3, 0.4) is 0 Å². The monoisotopic (exact) mass is 436 g/mol. The third-order valence-corrected chi connectivity index (χ3v) is 7.44. The lowest BCUT2D eigenvalue weighted by Gasteiger charge is -2.15. The summed E-state index contributed by atoms with van der Waals surface area (Å²) in [5.74, 6) is -0.812. The Hall–Kier alpha value is -2.23. The van der Waals surface area contributed by atoms with E-state index < -0.39 is 16.0 Å². The maximum Gasteiger partial charge on any atom is 0.306 e. The molecule has 156 valence electrons. The molecule has 3 rings (SSSR count). The molecule has 0 radical (unpaired) electrons. The Balaban J connectivity index is 1.40. The molecule has 0 unspecified atom stereocenters. The van der Waals surface area contributed by atoms with Crippen LogP contribution in [0.5, 0.6) is 0 Å². The third-order valence-electron chi connectivity index (χ3n) is 4.65. The molecular weight excluding hydrogens is 412 g/mol. The molecule has 9 heteroatoms. The number of rotatable bonds is 9. The van der Waals surface area contributed by atoms with Gasteiger partial charge in [-0.25, -0.2) is 8.42 Å². The summed E-state index contributed by atoms with van der Waals surface area (Å²) in [5, 5.41) is 4.62. The number of carbonyl (C=O) groups excluding carboxylic acids is 2. The molecule has 7 nitrogen and oxygen atoms in total. The van der Waals surface area contributed by atoms with Gasteiger partial charge in [0.15, 0.2) is 6.61 Å². The smallest absolute Gasteiger partial charge is 0.306 e. The molecule has 0 aliphatic carbocycles. The van der Waals surface area contributed by atoms with Gasteiger partial charge in [0.1, 0.15) is 0 Å². The number of hydrogen-bond acceptors (Lipinski definition) is 6. The third kappa shape index (κ3) is 6.12. The predicted octanol–water partition coefficient (Wildman–Crippen LogP) is 2.32. The van der Waals surface area contributed by atoms with Crippen LogP contribution in [0.2, 0.25) is 0 Å². The predicted molar refractivity (Wildman–Crippen MR) is 110 cm³/mol. The average Bonchev–Trinajstić information content (AvgIpc) is 3.44. The number of benzene rings is 1. The van der Waals surface area contributed by atoms with E-state index in [9.17, 15) is 18.0 Å². The maximum atomic E-state index is 12.5.